The second kappa shape index (κ2) is 12.3. The smallest absolute Gasteiger partial charge is 0.303 e. The maximum absolute atomic E-state index is 13.2. The molecule has 0 bridgehead atoms. The first-order valence-corrected chi connectivity index (χ1v) is 9.82. The standard InChI is InChI=1S/C23H26FN3O3/c1-3-9-19(24)10-6-7-11-21-26-23(30-27-21)18-14-13-17(2)20(16-18)25-15-8-4-5-12-22(28)29/h3,6,9-10,13-16H,1,4-5,7-8,11-12H2,2H3,(H,28,29)/b10-6-,19-9+,25-15?. The molecular formula is C23H26FN3O3. The van der Waals surface area contributed by atoms with Crippen molar-refractivity contribution in [3.05, 3.63) is 66.3 Å². The molecule has 0 saturated carbocycles. The first-order chi connectivity index (χ1) is 14.5. The minimum atomic E-state index is -0.776. The number of hydrogen-bond acceptors (Lipinski definition) is 5. The zero-order valence-corrected chi connectivity index (χ0v) is 17.1. The van der Waals surface area contributed by atoms with E-state index < -0.39 is 5.97 Å². The summed E-state index contributed by atoms with van der Waals surface area (Å²) in [7, 11) is 0. The zero-order chi connectivity index (χ0) is 21.8. The van der Waals surface area contributed by atoms with Gasteiger partial charge in [0.25, 0.3) is 5.89 Å². The van der Waals surface area contributed by atoms with Crippen LogP contribution in [0.4, 0.5) is 10.1 Å². The summed E-state index contributed by atoms with van der Waals surface area (Å²) in [6, 6.07) is 5.72. The number of aryl methyl sites for hydroxylation is 2. The van der Waals surface area contributed by atoms with Crippen LogP contribution in [-0.2, 0) is 11.2 Å². The average molecular weight is 411 g/mol. The second-order valence-corrected chi connectivity index (χ2v) is 6.70. The fourth-order valence-corrected chi connectivity index (χ4v) is 2.61. The van der Waals surface area contributed by atoms with Gasteiger partial charge in [0.15, 0.2) is 5.82 Å². The van der Waals surface area contributed by atoms with Crippen LogP contribution in [0.15, 0.2) is 64.4 Å². The van der Waals surface area contributed by atoms with E-state index in [4.69, 9.17) is 9.63 Å². The number of carbonyl (C=O) groups is 1. The molecule has 1 aromatic carbocycles. The van der Waals surface area contributed by atoms with Crippen LogP contribution in [0.2, 0.25) is 0 Å². The van der Waals surface area contributed by atoms with Gasteiger partial charge in [-0.25, -0.2) is 4.39 Å². The van der Waals surface area contributed by atoms with E-state index in [1.165, 1.54) is 18.2 Å². The Morgan fingerprint density at radius 1 is 1.33 bits per heavy atom. The molecule has 0 fully saturated rings. The van der Waals surface area contributed by atoms with E-state index in [0.717, 1.165) is 29.7 Å². The number of carboxylic acid groups (broad SMARTS) is 1. The number of halogens is 1. The first kappa shape index (κ1) is 22.9. The van der Waals surface area contributed by atoms with Crippen molar-refractivity contribution < 1.29 is 18.8 Å². The van der Waals surface area contributed by atoms with Crippen LogP contribution in [0.25, 0.3) is 11.5 Å². The summed E-state index contributed by atoms with van der Waals surface area (Å²) >= 11 is 0. The fourth-order valence-electron chi connectivity index (χ4n) is 2.61. The van der Waals surface area contributed by atoms with Gasteiger partial charge in [0.2, 0.25) is 0 Å². The van der Waals surface area contributed by atoms with Gasteiger partial charge in [0, 0.05) is 24.6 Å². The van der Waals surface area contributed by atoms with Crippen LogP contribution in [-0.4, -0.2) is 27.4 Å². The van der Waals surface area contributed by atoms with Crippen LogP contribution < -0.4 is 0 Å². The predicted molar refractivity (Wildman–Crippen MR) is 116 cm³/mol. The molecule has 158 valence electrons. The molecule has 0 aliphatic carbocycles. The van der Waals surface area contributed by atoms with Crippen molar-refractivity contribution in [3.63, 3.8) is 0 Å². The number of nitrogens with zero attached hydrogens (tertiary/aromatic N) is 3. The lowest BCUT2D eigenvalue weighted by atomic mass is 10.1. The van der Waals surface area contributed by atoms with Crippen molar-refractivity contribution in [2.75, 3.05) is 0 Å². The number of aromatic nitrogens is 2. The molecule has 30 heavy (non-hydrogen) atoms. The van der Waals surface area contributed by atoms with Gasteiger partial charge in [0.1, 0.15) is 5.83 Å². The molecular weight excluding hydrogens is 385 g/mol. The summed E-state index contributed by atoms with van der Waals surface area (Å²) in [6.07, 6.45) is 11.0. The van der Waals surface area contributed by atoms with Crippen molar-refractivity contribution in [3.8, 4) is 11.5 Å². The third kappa shape index (κ3) is 7.95. The van der Waals surface area contributed by atoms with Gasteiger partial charge >= 0.3 is 5.97 Å². The van der Waals surface area contributed by atoms with Gasteiger partial charge in [0.05, 0.1) is 5.69 Å². The molecule has 0 aliphatic heterocycles. The SMILES string of the molecule is C=C/C=C(F)\C=C/CCc1noc(-c2ccc(C)c(N=CCCCCC(=O)O)c2)n1. The van der Waals surface area contributed by atoms with Crippen LogP contribution in [0.1, 0.15) is 43.5 Å². The third-order valence-electron chi connectivity index (χ3n) is 4.22. The molecule has 0 aliphatic rings. The van der Waals surface area contributed by atoms with E-state index in [-0.39, 0.29) is 12.2 Å². The van der Waals surface area contributed by atoms with Gasteiger partial charge in [-0.2, -0.15) is 4.98 Å². The lowest BCUT2D eigenvalue weighted by Crippen LogP contribution is -1.93. The van der Waals surface area contributed by atoms with Gasteiger partial charge in [-0.1, -0.05) is 30.0 Å². The van der Waals surface area contributed by atoms with Crippen LogP contribution >= 0.6 is 0 Å². The fraction of sp³-hybridized carbons (Fsp3) is 0.304. The number of benzene rings is 1. The number of aliphatic imine (C=N–C) groups is 1. The summed E-state index contributed by atoms with van der Waals surface area (Å²) in [6.45, 7) is 5.41. The molecule has 2 rings (SSSR count). The molecule has 6 nitrogen and oxygen atoms in total. The topological polar surface area (TPSA) is 88.6 Å². The molecule has 0 unspecified atom stereocenters. The van der Waals surface area contributed by atoms with E-state index in [1.807, 2.05) is 25.1 Å². The van der Waals surface area contributed by atoms with Crippen LogP contribution in [0.5, 0.6) is 0 Å². The molecule has 7 heteroatoms. The van der Waals surface area contributed by atoms with E-state index in [0.29, 0.717) is 31.0 Å². The van der Waals surface area contributed by atoms with Crippen molar-refractivity contribution in [2.45, 2.75) is 45.4 Å². The van der Waals surface area contributed by atoms with Gasteiger partial charge < -0.3 is 9.63 Å². The number of carboxylic acids is 1. The molecule has 0 atom stereocenters. The molecule has 0 saturated heterocycles. The van der Waals surface area contributed by atoms with Gasteiger partial charge in [-0.05, 0) is 62.5 Å². The highest BCUT2D eigenvalue weighted by Crippen LogP contribution is 2.26. The molecule has 0 amide bonds. The third-order valence-corrected chi connectivity index (χ3v) is 4.22. The Morgan fingerprint density at radius 2 is 2.17 bits per heavy atom. The molecule has 2 aromatic rings. The summed E-state index contributed by atoms with van der Waals surface area (Å²) in [5, 5.41) is 12.6. The maximum atomic E-state index is 13.2. The van der Waals surface area contributed by atoms with E-state index in [1.54, 1.807) is 12.3 Å². The van der Waals surface area contributed by atoms with E-state index >= 15 is 0 Å². The Kier molecular flexibility index (Phi) is 9.37. The zero-order valence-electron chi connectivity index (χ0n) is 17.1. The monoisotopic (exact) mass is 411 g/mol. The molecule has 1 aromatic heterocycles. The number of aliphatic carboxylic acids is 1. The minimum absolute atomic E-state index is 0.179. The lowest BCUT2D eigenvalue weighted by Gasteiger charge is -2.02. The van der Waals surface area contributed by atoms with Crippen molar-refractivity contribution >= 4 is 17.9 Å². The predicted octanol–water partition coefficient (Wildman–Crippen LogP) is 5.92. The first-order valence-electron chi connectivity index (χ1n) is 9.82. The van der Waals surface area contributed by atoms with Crippen LogP contribution in [0.3, 0.4) is 0 Å². The highest BCUT2D eigenvalue weighted by Gasteiger charge is 2.10. The van der Waals surface area contributed by atoms with Crippen molar-refractivity contribution in [1.29, 1.82) is 0 Å². The Hall–Kier alpha value is -3.35. The number of hydrogen-bond donors (Lipinski definition) is 1. The van der Waals surface area contributed by atoms with E-state index in [2.05, 4.69) is 21.7 Å². The van der Waals surface area contributed by atoms with Crippen LogP contribution in [0, 0.1) is 6.92 Å². The number of allylic oxidation sites excluding steroid dienone is 5. The largest absolute Gasteiger partial charge is 0.481 e. The summed E-state index contributed by atoms with van der Waals surface area (Å²) in [4.78, 5) is 19.4. The lowest BCUT2D eigenvalue weighted by molar-refractivity contribution is -0.137. The highest BCUT2D eigenvalue weighted by atomic mass is 19.1. The van der Waals surface area contributed by atoms with Gasteiger partial charge in [-0.3, -0.25) is 9.79 Å². The minimum Gasteiger partial charge on any atom is -0.481 e. The molecule has 0 spiro atoms. The summed E-state index contributed by atoms with van der Waals surface area (Å²) in [5.74, 6) is -0.174. The molecule has 0 radical (unpaired) electrons. The van der Waals surface area contributed by atoms with E-state index in [9.17, 15) is 9.18 Å². The quantitative estimate of drug-likeness (QED) is 0.266. The van der Waals surface area contributed by atoms with Crippen molar-refractivity contribution in [2.24, 2.45) is 4.99 Å². The number of unbranched alkanes of at least 4 members (excludes halogenated alkanes) is 2. The van der Waals surface area contributed by atoms with Gasteiger partial charge in [-0.15, -0.1) is 0 Å². The number of rotatable bonds is 12. The Labute approximate surface area is 175 Å². The molecule has 1 N–H and O–H groups in total. The summed E-state index contributed by atoms with van der Waals surface area (Å²) < 4.78 is 18.6. The molecule has 1 heterocycles. The Bertz CT molecular complexity index is 945. The maximum Gasteiger partial charge on any atom is 0.303 e. The second-order valence-electron chi connectivity index (χ2n) is 6.70. The van der Waals surface area contributed by atoms with Crippen molar-refractivity contribution in [1.82, 2.24) is 10.1 Å². The Balaban J connectivity index is 1.95. The normalized spacial score (nSPS) is 12.1. The summed E-state index contributed by atoms with van der Waals surface area (Å²) in [5.41, 5.74) is 2.59. The average Bonchev–Trinajstić information content (AvgIpc) is 3.18. The highest BCUT2D eigenvalue weighted by molar-refractivity contribution is 5.69. The Morgan fingerprint density at radius 3 is 2.93 bits per heavy atom.